The number of anilines is 2. The summed E-state index contributed by atoms with van der Waals surface area (Å²) >= 11 is 0. The van der Waals surface area contributed by atoms with Crippen molar-refractivity contribution in [2.24, 2.45) is 0 Å². The number of rotatable bonds is 7. The lowest BCUT2D eigenvalue weighted by Crippen LogP contribution is -2.03. The highest BCUT2D eigenvalue weighted by Crippen LogP contribution is 2.38. The van der Waals surface area contributed by atoms with Gasteiger partial charge in [-0.05, 0) is 57.5 Å². The molecule has 0 spiro atoms. The number of aliphatic hydroxyl groups excluding tert-OH is 1. The van der Waals surface area contributed by atoms with Gasteiger partial charge in [-0.15, -0.1) is 5.10 Å². The van der Waals surface area contributed by atoms with Crippen LogP contribution in [0.25, 0.3) is 16.5 Å². The highest BCUT2D eigenvalue weighted by Gasteiger charge is 2.21. The SMILES string of the molecule is CCOc1ccc(-n2c(C)c3c(C)nnc(Nc4cccc(CO)c4)c3c2C)c(OC)c1. The summed E-state index contributed by atoms with van der Waals surface area (Å²) in [6, 6.07) is 13.5. The molecule has 0 saturated carbocycles. The molecular formula is C25H28N4O3. The number of nitrogens with one attached hydrogen (secondary N) is 1. The van der Waals surface area contributed by atoms with Gasteiger partial charge in [-0.3, -0.25) is 0 Å². The number of hydrogen-bond donors (Lipinski definition) is 2. The Morgan fingerprint density at radius 2 is 1.78 bits per heavy atom. The second-order valence-corrected chi connectivity index (χ2v) is 7.64. The maximum absolute atomic E-state index is 9.47. The van der Waals surface area contributed by atoms with Crippen molar-refractivity contribution < 1.29 is 14.6 Å². The second-order valence-electron chi connectivity index (χ2n) is 7.64. The van der Waals surface area contributed by atoms with Crippen LogP contribution in [0.15, 0.2) is 42.5 Å². The first-order valence-electron chi connectivity index (χ1n) is 10.6. The van der Waals surface area contributed by atoms with Crippen LogP contribution in [0.4, 0.5) is 11.5 Å². The number of nitrogens with zero attached hydrogens (tertiary/aromatic N) is 3. The van der Waals surface area contributed by atoms with E-state index in [0.29, 0.717) is 12.4 Å². The largest absolute Gasteiger partial charge is 0.494 e. The van der Waals surface area contributed by atoms with E-state index >= 15 is 0 Å². The van der Waals surface area contributed by atoms with Gasteiger partial charge in [0.05, 0.1) is 31.7 Å². The first-order chi connectivity index (χ1) is 15.5. The van der Waals surface area contributed by atoms with E-state index in [2.05, 4.69) is 33.9 Å². The molecule has 0 radical (unpaired) electrons. The summed E-state index contributed by atoms with van der Waals surface area (Å²) in [4.78, 5) is 0. The molecule has 2 heterocycles. The zero-order valence-corrected chi connectivity index (χ0v) is 19.1. The number of ether oxygens (including phenoxy) is 2. The molecule has 0 aliphatic heterocycles. The molecule has 0 aliphatic rings. The Labute approximate surface area is 187 Å². The van der Waals surface area contributed by atoms with Crippen molar-refractivity contribution in [1.82, 2.24) is 14.8 Å². The lowest BCUT2D eigenvalue weighted by atomic mass is 10.1. The topological polar surface area (TPSA) is 81.4 Å². The van der Waals surface area contributed by atoms with E-state index in [-0.39, 0.29) is 6.61 Å². The second kappa shape index (κ2) is 8.88. The minimum absolute atomic E-state index is 0.0173. The van der Waals surface area contributed by atoms with Gasteiger partial charge < -0.3 is 24.5 Å². The number of aliphatic hydroxyl groups is 1. The van der Waals surface area contributed by atoms with E-state index in [9.17, 15) is 5.11 Å². The number of hydrogen-bond acceptors (Lipinski definition) is 6. The molecule has 2 aromatic carbocycles. The first kappa shape index (κ1) is 21.6. The van der Waals surface area contributed by atoms with Crippen molar-refractivity contribution in [3.63, 3.8) is 0 Å². The van der Waals surface area contributed by atoms with Crippen LogP contribution in [0, 0.1) is 20.8 Å². The van der Waals surface area contributed by atoms with Crippen molar-refractivity contribution >= 4 is 22.3 Å². The molecule has 32 heavy (non-hydrogen) atoms. The van der Waals surface area contributed by atoms with E-state index in [0.717, 1.165) is 56.3 Å². The fraction of sp³-hybridized carbons (Fsp3) is 0.280. The van der Waals surface area contributed by atoms with Gasteiger partial charge in [0.1, 0.15) is 11.5 Å². The molecule has 0 saturated heterocycles. The molecule has 4 aromatic rings. The zero-order chi connectivity index (χ0) is 22.8. The molecular weight excluding hydrogens is 404 g/mol. The Morgan fingerprint density at radius 1 is 1.00 bits per heavy atom. The average Bonchev–Trinajstić information content (AvgIpc) is 3.07. The van der Waals surface area contributed by atoms with Crippen molar-refractivity contribution in [3.05, 3.63) is 65.1 Å². The highest BCUT2D eigenvalue weighted by molar-refractivity contribution is 5.99. The Balaban J connectivity index is 1.90. The summed E-state index contributed by atoms with van der Waals surface area (Å²) in [6.45, 7) is 8.66. The summed E-state index contributed by atoms with van der Waals surface area (Å²) in [5.41, 5.74) is 5.54. The van der Waals surface area contributed by atoms with Gasteiger partial charge in [0.2, 0.25) is 0 Å². The predicted octanol–water partition coefficient (Wildman–Crippen LogP) is 4.99. The minimum atomic E-state index is -0.0173. The smallest absolute Gasteiger partial charge is 0.162 e. The minimum Gasteiger partial charge on any atom is -0.494 e. The summed E-state index contributed by atoms with van der Waals surface area (Å²) in [5, 5.41) is 23.8. The van der Waals surface area contributed by atoms with Gasteiger partial charge >= 0.3 is 0 Å². The van der Waals surface area contributed by atoms with Crippen molar-refractivity contribution in [2.75, 3.05) is 19.0 Å². The molecule has 0 aliphatic carbocycles. The Hall–Kier alpha value is -3.58. The Morgan fingerprint density at radius 3 is 2.50 bits per heavy atom. The molecule has 166 valence electrons. The van der Waals surface area contributed by atoms with Gasteiger partial charge in [0.15, 0.2) is 5.82 Å². The molecule has 0 unspecified atom stereocenters. The summed E-state index contributed by atoms with van der Waals surface area (Å²) in [6.07, 6.45) is 0. The van der Waals surface area contributed by atoms with Crippen LogP contribution in [0.3, 0.4) is 0 Å². The number of benzene rings is 2. The van der Waals surface area contributed by atoms with E-state index in [1.807, 2.05) is 56.3 Å². The molecule has 2 N–H and O–H groups in total. The van der Waals surface area contributed by atoms with Crippen LogP contribution in [-0.4, -0.2) is 33.6 Å². The normalized spacial score (nSPS) is 11.1. The van der Waals surface area contributed by atoms with Gasteiger partial charge in [-0.2, -0.15) is 5.10 Å². The summed E-state index contributed by atoms with van der Waals surface area (Å²) in [7, 11) is 1.66. The maximum Gasteiger partial charge on any atom is 0.162 e. The Bertz CT molecular complexity index is 1280. The average molecular weight is 433 g/mol. The molecule has 4 rings (SSSR count). The van der Waals surface area contributed by atoms with Crippen LogP contribution in [-0.2, 0) is 6.61 Å². The quantitative estimate of drug-likeness (QED) is 0.428. The Kier molecular flexibility index (Phi) is 6.01. The van der Waals surface area contributed by atoms with Gasteiger partial charge in [-0.25, -0.2) is 0 Å². The fourth-order valence-electron chi connectivity index (χ4n) is 4.23. The lowest BCUT2D eigenvalue weighted by molar-refractivity contribution is 0.282. The van der Waals surface area contributed by atoms with Gasteiger partial charge in [0, 0.05) is 33.9 Å². The van der Waals surface area contributed by atoms with Crippen LogP contribution < -0.4 is 14.8 Å². The van der Waals surface area contributed by atoms with Crippen LogP contribution in [0.5, 0.6) is 11.5 Å². The third-order valence-corrected chi connectivity index (χ3v) is 5.62. The number of aromatic nitrogens is 3. The summed E-state index contributed by atoms with van der Waals surface area (Å²) < 4.78 is 13.5. The fourth-order valence-corrected chi connectivity index (χ4v) is 4.23. The van der Waals surface area contributed by atoms with E-state index in [4.69, 9.17) is 9.47 Å². The van der Waals surface area contributed by atoms with Gasteiger partial charge in [0.25, 0.3) is 0 Å². The van der Waals surface area contributed by atoms with E-state index in [1.165, 1.54) is 0 Å². The lowest BCUT2D eigenvalue weighted by Gasteiger charge is -2.15. The standard InChI is InChI=1S/C25H28N4O3/c1-6-32-20-10-11-21(22(13-20)31-5)29-16(3)23-15(2)27-28-25(24(23)17(29)4)26-19-9-7-8-18(12-19)14-30/h7-13,30H,6,14H2,1-5H3,(H,26,28). The molecule has 0 bridgehead atoms. The van der Waals surface area contributed by atoms with Crippen molar-refractivity contribution in [3.8, 4) is 17.2 Å². The van der Waals surface area contributed by atoms with Crippen LogP contribution in [0.1, 0.15) is 29.6 Å². The van der Waals surface area contributed by atoms with Crippen molar-refractivity contribution in [2.45, 2.75) is 34.3 Å². The third-order valence-electron chi connectivity index (χ3n) is 5.62. The van der Waals surface area contributed by atoms with Crippen LogP contribution >= 0.6 is 0 Å². The summed E-state index contributed by atoms with van der Waals surface area (Å²) in [5.74, 6) is 2.17. The molecule has 2 aromatic heterocycles. The van der Waals surface area contributed by atoms with Crippen LogP contribution in [0.2, 0.25) is 0 Å². The van der Waals surface area contributed by atoms with E-state index in [1.54, 1.807) is 7.11 Å². The third kappa shape index (κ3) is 3.76. The highest BCUT2D eigenvalue weighted by atomic mass is 16.5. The van der Waals surface area contributed by atoms with E-state index < -0.39 is 0 Å². The van der Waals surface area contributed by atoms with Gasteiger partial charge in [-0.1, -0.05) is 12.1 Å². The molecule has 7 heteroatoms. The first-order valence-corrected chi connectivity index (χ1v) is 10.6. The number of methoxy groups -OCH3 is 1. The molecule has 0 atom stereocenters. The number of fused-ring (bicyclic) bond motifs is 1. The van der Waals surface area contributed by atoms with Crippen molar-refractivity contribution in [1.29, 1.82) is 0 Å². The predicted molar refractivity (Wildman–Crippen MR) is 126 cm³/mol. The molecule has 0 amide bonds. The number of aryl methyl sites for hydroxylation is 3. The molecule has 7 nitrogen and oxygen atoms in total. The zero-order valence-electron chi connectivity index (χ0n) is 19.1. The molecule has 0 fully saturated rings. The maximum atomic E-state index is 9.47. The monoisotopic (exact) mass is 432 g/mol.